The Morgan fingerprint density at radius 1 is 1.53 bits per heavy atom. The molecule has 1 aliphatic heterocycles. The first-order valence-corrected chi connectivity index (χ1v) is 5.72. The molecule has 0 spiro atoms. The third-order valence-corrected chi connectivity index (χ3v) is 3.85. The number of fused-ring (bicyclic) bond motifs is 2. The highest BCUT2D eigenvalue weighted by molar-refractivity contribution is 5.87. The first-order valence-electron chi connectivity index (χ1n) is 5.72. The highest BCUT2D eigenvalue weighted by Gasteiger charge is 2.54. The predicted molar refractivity (Wildman–Crippen MR) is 58.0 cm³/mol. The van der Waals surface area contributed by atoms with Crippen molar-refractivity contribution in [2.75, 3.05) is 6.54 Å². The van der Waals surface area contributed by atoms with Crippen LogP contribution in [0.4, 0.5) is 4.79 Å². The van der Waals surface area contributed by atoms with E-state index in [1.807, 2.05) is 6.07 Å². The highest BCUT2D eigenvalue weighted by Crippen LogP contribution is 2.46. The number of carbonyl (C=O) groups is 2. The minimum Gasteiger partial charge on any atom is -0.465 e. The van der Waals surface area contributed by atoms with Crippen LogP contribution in [0.2, 0.25) is 0 Å². The average Bonchev–Trinajstić information content (AvgIpc) is 2.81. The fourth-order valence-electron chi connectivity index (χ4n) is 3.17. The van der Waals surface area contributed by atoms with Crippen molar-refractivity contribution in [2.24, 2.45) is 11.8 Å². The van der Waals surface area contributed by atoms with Crippen LogP contribution in [0.3, 0.4) is 0 Å². The van der Waals surface area contributed by atoms with Crippen LogP contribution in [0.1, 0.15) is 19.8 Å². The van der Waals surface area contributed by atoms with Crippen LogP contribution in [0.15, 0.2) is 0 Å². The zero-order chi connectivity index (χ0) is 12.6. The molecule has 2 bridgehead atoms. The number of nitrogens with one attached hydrogen (secondary N) is 1. The van der Waals surface area contributed by atoms with Gasteiger partial charge in [-0.05, 0) is 24.7 Å². The fraction of sp³-hybridized carbons (Fsp3) is 0.727. The first-order chi connectivity index (χ1) is 8.06. The Bertz CT molecular complexity index is 390. The van der Waals surface area contributed by atoms with Gasteiger partial charge in [0.2, 0.25) is 5.91 Å². The predicted octanol–water partition coefficient (Wildman–Crippen LogP) is 0.403. The molecule has 1 saturated carbocycles. The summed E-state index contributed by atoms with van der Waals surface area (Å²) in [5.41, 5.74) is 0. The number of hydrogen-bond donors (Lipinski definition) is 2. The molecule has 2 amide bonds. The number of nitriles is 1. The molecule has 4 atom stereocenters. The van der Waals surface area contributed by atoms with Gasteiger partial charge in [-0.15, -0.1) is 0 Å². The van der Waals surface area contributed by atoms with Crippen molar-refractivity contribution in [1.82, 2.24) is 10.2 Å². The number of carbonyl (C=O) groups excluding carboxylic acids is 1. The van der Waals surface area contributed by atoms with Crippen molar-refractivity contribution in [1.29, 1.82) is 5.26 Å². The zero-order valence-corrected chi connectivity index (χ0v) is 9.59. The molecule has 0 aromatic rings. The number of rotatable bonds is 2. The van der Waals surface area contributed by atoms with E-state index in [0.29, 0.717) is 5.92 Å². The third kappa shape index (κ3) is 1.82. The summed E-state index contributed by atoms with van der Waals surface area (Å²) < 4.78 is 0. The molecule has 4 unspecified atom stereocenters. The van der Waals surface area contributed by atoms with E-state index >= 15 is 0 Å². The van der Waals surface area contributed by atoms with Gasteiger partial charge in [0, 0.05) is 6.04 Å². The summed E-state index contributed by atoms with van der Waals surface area (Å²) in [5.74, 6) is 0.122. The molecule has 6 heteroatoms. The summed E-state index contributed by atoms with van der Waals surface area (Å²) in [7, 11) is 0. The van der Waals surface area contributed by atoms with Crippen molar-refractivity contribution < 1.29 is 14.7 Å². The van der Waals surface area contributed by atoms with Crippen LogP contribution in [0.25, 0.3) is 0 Å². The Labute approximate surface area is 99.2 Å². The molecule has 2 rings (SSSR count). The summed E-state index contributed by atoms with van der Waals surface area (Å²) in [6.07, 6.45) is 0.554. The Kier molecular flexibility index (Phi) is 2.92. The van der Waals surface area contributed by atoms with Gasteiger partial charge in [0.05, 0.1) is 6.07 Å². The number of carboxylic acid groups (broad SMARTS) is 1. The second-order valence-electron chi connectivity index (χ2n) is 4.78. The number of hydrogen-bond acceptors (Lipinski definition) is 3. The maximum absolute atomic E-state index is 11.9. The maximum Gasteiger partial charge on any atom is 0.408 e. The maximum atomic E-state index is 11.9. The van der Waals surface area contributed by atoms with Crippen LogP contribution in [0, 0.1) is 23.2 Å². The van der Waals surface area contributed by atoms with E-state index in [4.69, 9.17) is 10.4 Å². The number of likely N-dealkylation sites (tertiary alicyclic amines) is 1. The topological polar surface area (TPSA) is 93.4 Å². The van der Waals surface area contributed by atoms with E-state index in [9.17, 15) is 9.59 Å². The minimum absolute atomic E-state index is 0.0367. The number of nitrogens with zero attached hydrogens (tertiary/aromatic N) is 2. The summed E-state index contributed by atoms with van der Waals surface area (Å²) >= 11 is 0. The van der Waals surface area contributed by atoms with Crippen molar-refractivity contribution in [3.63, 3.8) is 0 Å². The summed E-state index contributed by atoms with van der Waals surface area (Å²) in [6, 6.07) is 1.17. The van der Waals surface area contributed by atoms with E-state index in [0.717, 1.165) is 12.8 Å². The van der Waals surface area contributed by atoms with Crippen molar-refractivity contribution in [2.45, 2.75) is 31.8 Å². The molecule has 0 aromatic heterocycles. The smallest absolute Gasteiger partial charge is 0.408 e. The summed E-state index contributed by atoms with van der Waals surface area (Å²) in [4.78, 5) is 24.3. The van der Waals surface area contributed by atoms with Crippen LogP contribution < -0.4 is 5.32 Å². The Morgan fingerprint density at radius 2 is 2.24 bits per heavy atom. The molecule has 1 aliphatic carbocycles. The van der Waals surface area contributed by atoms with Crippen LogP contribution in [0.5, 0.6) is 0 Å². The van der Waals surface area contributed by atoms with Gasteiger partial charge in [0.1, 0.15) is 12.6 Å². The SMILES string of the molecule is CC1CC2CC1C(C(=O)NCC#N)N2C(=O)O. The minimum atomic E-state index is -1.04. The monoisotopic (exact) mass is 237 g/mol. The molecule has 2 aliphatic rings. The third-order valence-electron chi connectivity index (χ3n) is 3.85. The quantitative estimate of drug-likeness (QED) is 0.680. The van der Waals surface area contributed by atoms with E-state index in [2.05, 4.69) is 12.2 Å². The molecule has 6 nitrogen and oxygen atoms in total. The second-order valence-corrected chi connectivity index (χ2v) is 4.78. The molecule has 17 heavy (non-hydrogen) atoms. The van der Waals surface area contributed by atoms with Gasteiger partial charge in [0.25, 0.3) is 0 Å². The molecule has 0 aromatic carbocycles. The van der Waals surface area contributed by atoms with Crippen molar-refractivity contribution in [3.05, 3.63) is 0 Å². The molecular weight excluding hydrogens is 222 g/mol. The average molecular weight is 237 g/mol. The van der Waals surface area contributed by atoms with E-state index in [1.165, 1.54) is 4.90 Å². The molecule has 1 saturated heterocycles. The standard InChI is InChI=1S/C11H15N3O3/c1-6-4-7-5-8(6)9(14(7)11(16)17)10(15)13-3-2-12/h6-9H,3-5H2,1H3,(H,13,15)(H,16,17). The van der Waals surface area contributed by atoms with Gasteiger partial charge in [-0.1, -0.05) is 6.92 Å². The molecule has 1 heterocycles. The normalized spacial score (nSPS) is 34.5. The van der Waals surface area contributed by atoms with Crippen molar-refractivity contribution >= 4 is 12.0 Å². The molecule has 0 radical (unpaired) electrons. The summed E-state index contributed by atoms with van der Waals surface area (Å²) in [5, 5.41) is 20.0. The van der Waals surface area contributed by atoms with E-state index < -0.39 is 12.1 Å². The Hall–Kier alpha value is -1.77. The largest absolute Gasteiger partial charge is 0.465 e. The fourth-order valence-corrected chi connectivity index (χ4v) is 3.17. The van der Waals surface area contributed by atoms with Gasteiger partial charge < -0.3 is 10.4 Å². The molecule has 2 N–H and O–H groups in total. The van der Waals surface area contributed by atoms with Crippen LogP contribution in [-0.4, -0.2) is 40.6 Å². The van der Waals surface area contributed by atoms with Crippen molar-refractivity contribution in [3.8, 4) is 6.07 Å². The van der Waals surface area contributed by atoms with Gasteiger partial charge in [-0.3, -0.25) is 9.69 Å². The van der Waals surface area contributed by atoms with Gasteiger partial charge in [-0.2, -0.15) is 5.26 Å². The Balaban J connectivity index is 2.15. The highest BCUT2D eigenvalue weighted by atomic mass is 16.4. The van der Waals surface area contributed by atoms with Crippen LogP contribution >= 0.6 is 0 Å². The Morgan fingerprint density at radius 3 is 2.82 bits per heavy atom. The lowest BCUT2D eigenvalue weighted by atomic mass is 9.89. The van der Waals surface area contributed by atoms with E-state index in [-0.39, 0.29) is 24.4 Å². The molecule has 2 fully saturated rings. The lowest BCUT2D eigenvalue weighted by molar-refractivity contribution is -0.127. The first kappa shape index (κ1) is 11.7. The zero-order valence-electron chi connectivity index (χ0n) is 9.59. The van der Waals surface area contributed by atoms with Gasteiger partial charge >= 0.3 is 6.09 Å². The summed E-state index contributed by atoms with van der Waals surface area (Å²) in [6.45, 7) is 1.98. The second kappa shape index (κ2) is 4.24. The number of amides is 2. The number of piperidine rings is 1. The molecule has 92 valence electrons. The van der Waals surface area contributed by atoms with Gasteiger partial charge in [-0.25, -0.2) is 4.79 Å². The lowest BCUT2D eigenvalue weighted by Gasteiger charge is -2.34. The van der Waals surface area contributed by atoms with Crippen LogP contribution in [-0.2, 0) is 4.79 Å². The lowest BCUT2D eigenvalue weighted by Crippen LogP contribution is -2.54. The molecular formula is C11H15N3O3. The van der Waals surface area contributed by atoms with E-state index in [1.54, 1.807) is 0 Å². The van der Waals surface area contributed by atoms with Gasteiger partial charge in [0.15, 0.2) is 0 Å².